The third-order valence-electron chi connectivity index (χ3n) is 3.78. The molecule has 0 spiro atoms. The van der Waals surface area contributed by atoms with Crippen LogP contribution in [0.3, 0.4) is 0 Å². The summed E-state index contributed by atoms with van der Waals surface area (Å²) in [6, 6.07) is 2.86. The summed E-state index contributed by atoms with van der Waals surface area (Å²) in [5.41, 5.74) is 5.56. The lowest BCUT2D eigenvalue weighted by atomic mass is 9.99. The number of nitro benzene ring substituents is 2. The van der Waals surface area contributed by atoms with Gasteiger partial charge in [0, 0.05) is 23.1 Å². The molecule has 25 heavy (non-hydrogen) atoms. The van der Waals surface area contributed by atoms with Crippen molar-refractivity contribution in [2.24, 2.45) is 5.73 Å². The number of benzene rings is 1. The predicted molar refractivity (Wildman–Crippen MR) is 89.8 cm³/mol. The number of nitro groups is 2. The van der Waals surface area contributed by atoms with Crippen molar-refractivity contribution in [1.29, 1.82) is 0 Å². The molecule has 0 bridgehead atoms. The molecule has 1 aromatic heterocycles. The zero-order valence-electron chi connectivity index (χ0n) is 12.8. The van der Waals surface area contributed by atoms with Gasteiger partial charge in [0.05, 0.1) is 27.2 Å². The van der Waals surface area contributed by atoms with E-state index in [-0.39, 0.29) is 11.6 Å². The highest BCUT2D eigenvalue weighted by atomic mass is 32.1. The molecule has 3 N–H and O–H groups in total. The average molecular weight is 363 g/mol. The molecule has 1 heterocycles. The molecular weight excluding hydrogens is 350 g/mol. The first-order valence-corrected chi connectivity index (χ1v) is 8.14. The zero-order chi connectivity index (χ0) is 18.1. The molecule has 1 aliphatic rings. The monoisotopic (exact) mass is 363 g/mol. The molecule has 0 radical (unpaired) electrons. The normalized spacial score (nSPS) is 16.1. The number of nitrogens with zero attached hydrogens (tertiary/aromatic N) is 3. The minimum absolute atomic E-state index is 0.0657. The summed E-state index contributed by atoms with van der Waals surface area (Å²) in [5.74, 6) is -0.692. The Hall–Kier alpha value is -2.92. The Balaban J connectivity index is 1.86. The number of hydrogen-bond donors (Lipinski definition) is 2. The molecule has 0 unspecified atom stereocenters. The second-order valence-corrected chi connectivity index (χ2v) is 6.68. The highest BCUT2D eigenvalue weighted by Gasteiger charge is 2.23. The first-order chi connectivity index (χ1) is 11.8. The number of hydrogen-bond acceptors (Lipinski definition) is 8. The van der Waals surface area contributed by atoms with Gasteiger partial charge in [-0.25, -0.2) is 4.98 Å². The fraction of sp³-hybridized carbons (Fsp3) is 0.286. The Bertz CT molecular complexity index is 848. The molecule has 130 valence electrons. The van der Waals surface area contributed by atoms with E-state index < -0.39 is 27.1 Å². The quantitative estimate of drug-likeness (QED) is 0.622. The fourth-order valence-corrected chi connectivity index (χ4v) is 3.66. The maximum absolute atomic E-state index is 12.3. The van der Waals surface area contributed by atoms with Gasteiger partial charge in [-0.05, 0) is 19.3 Å². The topological polar surface area (TPSA) is 154 Å². The number of aryl methyl sites for hydroxylation is 1. The van der Waals surface area contributed by atoms with Gasteiger partial charge in [0.2, 0.25) is 0 Å². The summed E-state index contributed by atoms with van der Waals surface area (Å²) in [6.45, 7) is 0. The molecule has 0 aliphatic heterocycles. The second-order valence-electron chi connectivity index (χ2n) is 5.60. The number of rotatable bonds is 4. The number of carbonyl (C=O) groups excluding carboxylic acids is 1. The maximum atomic E-state index is 12.3. The summed E-state index contributed by atoms with van der Waals surface area (Å²) in [5, 5.41) is 24.7. The van der Waals surface area contributed by atoms with E-state index in [1.165, 1.54) is 11.3 Å². The van der Waals surface area contributed by atoms with Crippen molar-refractivity contribution in [3.05, 3.63) is 54.6 Å². The number of anilines is 1. The van der Waals surface area contributed by atoms with Crippen LogP contribution in [0, 0.1) is 20.2 Å². The van der Waals surface area contributed by atoms with Gasteiger partial charge in [0.15, 0.2) is 5.13 Å². The standard InChI is InChI=1S/C14H13N5O5S/c15-8-1-2-11-12(5-8)25-14(16-11)17-13(20)7-3-9(18(21)22)6-10(4-7)19(23)24/h3-4,6,8H,1-2,5,15H2,(H,16,17,20)/t8-/m0/s1. The van der Waals surface area contributed by atoms with Crippen LogP contribution in [0.25, 0.3) is 0 Å². The summed E-state index contributed by atoms with van der Waals surface area (Å²) < 4.78 is 0. The molecular formula is C14H13N5O5S. The minimum atomic E-state index is -0.784. The van der Waals surface area contributed by atoms with Crippen LogP contribution in [-0.4, -0.2) is 26.8 Å². The third kappa shape index (κ3) is 3.61. The number of carbonyl (C=O) groups is 1. The van der Waals surface area contributed by atoms with Crippen molar-refractivity contribution >= 4 is 33.8 Å². The number of nitrogens with two attached hydrogens (primary N) is 1. The van der Waals surface area contributed by atoms with E-state index in [2.05, 4.69) is 10.3 Å². The first-order valence-electron chi connectivity index (χ1n) is 7.33. The molecule has 1 aliphatic carbocycles. The van der Waals surface area contributed by atoms with E-state index in [0.717, 1.165) is 41.6 Å². The van der Waals surface area contributed by atoms with Crippen LogP contribution >= 0.6 is 11.3 Å². The van der Waals surface area contributed by atoms with Gasteiger partial charge in [0.1, 0.15) is 0 Å². The number of aromatic nitrogens is 1. The Labute approximate surface area is 145 Å². The number of nitrogens with one attached hydrogen (secondary N) is 1. The molecule has 1 amide bonds. The van der Waals surface area contributed by atoms with Gasteiger partial charge in [-0.1, -0.05) is 0 Å². The maximum Gasteiger partial charge on any atom is 0.277 e. The van der Waals surface area contributed by atoms with Crippen molar-refractivity contribution in [3.8, 4) is 0 Å². The van der Waals surface area contributed by atoms with Gasteiger partial charge in [-0.2, -0.15) is 0 Å². The van der Waals surface area contributed by atoms with Crippen LogP contribution in [0.5, 0.6) is 0 Å². The fourth-order valence-electron chi connectivity index (χ4n) is 2.56. The number of thiazole rings is 1. The average Bonchev–Trinajstić information content (AvgIpc) is 2.95. The van der Waals surface area contributed by atoms with Gasteiger partial charge in [0.25, 0.3) is 17.3 Å². The van der Waals surface area contributed by atoms with Crippen molar-refractivity contribution in [2.45, 2.75) is 25.3 Å². The van der Waals surface area contributed by atoms with Gasteiger partial charge in [-0.15, -0.1) is 11.3 Å². The zero-order valence-corrected chi connectivity index (χ0v) is 13.6. The highest BCUT2D eigenvalue weighted by molar-refractivity contribution is 7.15. The van der Waals surface area contributed by atoms with E-state index in [1.807, 2.05) is 0 Å². The van der Waals surface area contributed by atoms with Crippen molar-refractivity contribution in [1.82, 2.24) is 4.98 Å². The summed E-state index contributed by atoms with van der Waals surface area (Å²) in [7, 11) is 0. The lowest BCUT2D eigenvalue weighted by Gasteiger charge is -2.15. The Kier molecular flexibility index (Phi) is 4.42. The molecule has 1 aromatic carbocycles. The SMILES string of the molecule is N[C@H]1CCc2nc(NC(=O)c3cc([N+](=O)[O-])cc([N+](=O)[O-])c3)sc2C1. The molecule has 3 rings (SSSR count). The third-order valence-corrected chi connectivity index (χ3v) is 4.82. The van der Waals surface area contributed by atoms with Crippen LogP contribution in [0.2, 0.25) is 0 Å². The van der Waals surface area contributed by atoms with Gasteiger partial charge in [-0.3, -0.25) is 30.3 Å². The second kappa shape index (κ2) is 6.53. The summed E-state index contributed by atoms with van der Waals surface area (Å²) >= 11 is 1.29. The predicted octanol–water partition coefficient (Wildman–Crippen LogP) is 2.03. The molecule has 10 nitrogen and oxygen atoms in total. The van der Waals surface area contributed by atoms with E-state index in [1.54, 1.807) is 0 Å². The van der Waals surface area contributed by atoms with Crippen LogP contribution in [0.15, 0.2) is 18.2 Å². The molecule has 2 aromatic rings. The highest BCUT2D eigenvalue weighted by Crippen LogP contribution is 2.30. The summed E-state index contributed by atoms with van der Waals surface area (Å²) in [6.07, 6.45) is 2.23. The van der Waals surface area contributed by atoms with Crippen LogP contribution in [-0.2, 0) is 12.8 Å². The number of amides is 1. The number of fused-ring (bicyclic) bond motifs is 1. The van der Waals surface area contributed by atoms with Crippen LogP contribution < -0.4 is 11.1 Å². The number of non-ortho nitro benzene ring substituents is 2. The summed E-state index contributed by atoms with van der Waals surface area (Å²) in [4.78, 5) is 37.9. The van der Waals surface area contributed by atoms with E-state index in [9.17, 15) is 25.0 Å². The minimum Gasteiger partial charge on any atom is -0.327 e. The van der Waals surface area contributed by atoms with Gasteiger partial charge >= 0.3 is 0 Å². The lowest BCUT2D eigenvalue weighted by Crippen LogP contribution is -2.27. The van der Waals surface area contributed by atoms with Crippen LogP contribution in [0.1, 0.15) is 27.3 Å². The first kappa shape index (κ1) is 16.9. The smallest absolute Gasteiger partial charge is 0.277 e. The Morgan fingerprint density at radius 1 is 1.24 bits per heavy atom. The van der Waals surface area contributed by atoms with Gasteiger partial charge < -0.3 is 5.73 Å². The van der Waals surface area contributed by atoms with Crippen molar-refractivity contribution in [2.75, 3.05) is 5.32 Å². The van der Waals surface area contributed by atoms with E-state index >= 15 is 0 Å². The largest absolute Gasteiger partial charge is 0.327 e. The van der Waals surface area contributed by atoms with Crippen molar-refractivity contribution < 1.29 is 14.6 Å². The molecule has 0 saturated heterocycles. The van der Waals surface area contributed by atoms with E-state index in [0.29, 0.717) is 11.6 Å². The van der Waals surface area contributed by atoms with Crippen molar-refractivity contribution in [3.63, 3.8) is 0 Å². The molecule has 0 saturated carbocycles. The Morgan fingerprint density at radius 3 is 2.48 bits per heavy atom. The lowest BCUT2D eigenvalue weighted by molar-refractivity contribution is -0.394. The molecule has 0 fully saturated rings. The van der Waals surface area contributed by atoms with E-state index in [4.69, 9.17) is 5.73 Å². The van der Waals surface area contributed by atoms with Crippen LogP contribution in [0.4, 0.5) is 16.5 Å². The molecule has 11 heteroatoms. The molecule has 1 atom stereocenters. The Morgan fingerprint density at radius 2 is 1.88 bits per heavy atom.